The van der Waals surface area contributed by atoms with Crippen LogP contribution in [0.25, 0.3) is 0 Å². The molecular weight excluding hydrogens is 565 g/mol. The van der Waals surface area contributed by atoms with Crippen molar-refractivity contribution in [1.82, 2.24) is 0 Å². The van der Waals surface area contributed by atoms with E-state index < -0.39 is 13.9 Å². The van der Waals surface area contributed by atoms with Gasteiger partial charge in [-0.3, -0.25) is 14.3 Å². The summed E-state index contributed by atoms with van der Waals surface area (Å²) in [6.45, 7) is 3.32. The van der Waals surface area contributed by atoms with E-state index in [1.807, 2.05) is 21.1 Å². The van der Waals surface area contributed by atoms with Crippen LogP contribution in [-0.2, 0) is 23.2 Å². The van der Waals surface area contributed by atoms with E-state index in [9.17, 15) is 9.46 Å². The maximum absolute atomic E-state index is 11.9. The minimum atomic E-state index is -4.19. The van der Waals surface area contributed by atoms with Crippen LogP contribution in [0.5, 0.6) is 0 Å². The van der Waals surface area contributed by atoms with Gasteiger partial charge >= 0.3 is 7.82 Å². The first kappa shape index (κ1) is 43.0. The van der Waals surface area contributed by atoms with Crippen molar-refractivity contribution < 1.29 is 37.9 Å². The van der Waals surface area contributed by atoms with E-state index in [2.05, 4.69) is 11.8 Å². The summed E-state index contributed by atoms with van der Waals surface area (Å²) in [4.78, 5) is 14.1. The molecule has 0 aromatic heterocycles. The minimum absolute atomic E-state index is 0.0920. The summed E-state index contributed by atoms with van der Waals surface area (Å²) in [5.41, 5.74) is 0. The van der Waals surface area contributed by atoms with Gasteiger partial charge in [0, 0.05) is 6.61 Å². The van der Waals surface area contributed by atoms with Crippen molar-refractivity contribution in [2.24, 2.45) is 0 Å². The highest BCUT2D eigenvalue weighted by atomic mass is 31.2. The third-order valence-corrected chi connectivity index (χ3v) is 9.02. The fraction of sp³-hybridized carbons (Fsp3) is 1.00. The van der Waals surface area contributed by atoms with Crippen molar-refractivity contribution in [2.75, 3.05) is 54.1 Å². The summed E-state index contributed by atoms with van der Waals surface area (Å²) in [6.07, 6.45) is 32.0. The van der Waals surface area contributed by atoms with Crippen LogP contribution in [0, 0.1) is 0 Å². The lowest BCUT2D eigenvalue weighted by Crippen LogP contribution is -2.37. The van der Waals surface area contributed by atoms with E-state index in [1.165, 1.54) is 141 Å². The Kier molecular flexibility index (Phi) is 30.6. The van der Waals surface area contributed by atoms with Crippen LogP contribution >= 0.6 is 7.82 Å². The van der Waals surface area contributed by atoms with Crippen molar-refractivity contribution in [1.29, 1.82) is 0 Å². The Morgan fingerprint density at radius 2 is 0.930 bits per heavy atom. The lowest BCUT2D eigenvalue weighted by Gasteiger charge is -2.24. The molecular formula is C34H73NO7P+. The third kappa shape index (κ3) is 34.7. The first-order valence-corrected chi connectivity index (χ1v) is 19.5. The highest BCUT2D eigenvalue weighted by Crippen LogP contribution is 2.43. The Bertz CT molecular complexity index is 618. The van der Waals surface area contributed by atoms with Gasteiger partial charge in [0.15, 0.2) is 0 Å². The SMILES string of the molecule is CCCCCCCCCCCCCCCCCCCCCCCCCCOC[C@H](COP(=O)(O)OCC[N+](C)(C)C)OO. The van der Waals surface area contributed by atoms with Crippen molar-refractivity contribution in [3.63, 3.8) is 0 Å². The highest BCUT2D eigenvalue weighted by molar-refractivity contribution is 7.47. The van der Waals surface area contributed by atoms with Gasteiger partial charge in [0.2, 0.25) is 0 Å². The second kappa shape index (κ2) is 30.6. The number of phosphoric acid groups is 1. The molecule has 0 spiro atoms. The average molecular weight is 639 g/mol. The van der Waals surface area contributed by atoms with Gasteiger partial charge < -0.3 is 14.1 Å². The predicted molar refractivity (Wildman–Crippen MR) is 179 cm³/mol. The zero-order chi connectivity index (χ0) is 31.9. The van der Waals surface area contributed by atoms with Gasteiger partial charge in [-0.25, -0.2) is 9.45 Å². The summed E-state index contributed by atoms with van der Waals surface area (Å²) >= 11 is 0. The molecule has 43 heavy (non-hydrogen) atoms. The first-order chi connectivity index (χ1) is 20.7. The highest BCUT2D eigenvalue weighted by Gasteiger charge is 2.25. The summed E-state index contributed by atoms with van der Waals surface area (Å²) in [6, 6.07) is 0. The van der Waals surface area contributed by atoms with Crippen LogP contribution in [0.4, 0.5) is 0 Å². The Morgan fingerprint density at radius 3 is 1.28 bits per heavy atom. The molecule has 0 aromatic rings. The second-order valence-corrected chi connectivity index (χ2v) is 15.0. The molecule has 8 nitrogen and oxygen atoms in total. The van der Waals surface area contributed by atoms with Crippen LogP contribution in [-0.4, -0.2) is 74.9 Å². The van der Waals surface area contributed by atoms with Crippen LogP contribution in [0.3, 0.4) is 0 Å². The number of quaternary nitrogens is 1. The molecule has 0 rings (SSSR count). The normalized spacial score (nSPS) is 14.3. The molecule has 9 heteroatoms. The largest absolute Gasteiger partial charge is 0.472 e. The summed E-state index contributed by atoms with van der Waals surface area (Å²) in [7, 11) is 1.70. The quantitative estimate of drug-likeness (QED) is 0.0234. The van der Waals surface area contributed by atoms with Gasteiger partial charge in [-0.15, -0.1) is 0 Å². The fourth-order valence-corrected chi connectivity index (χ4v) is 5.88. The standard InChI is InChI=1S/C34H72NO7P/c1-5-6-7-8-9-10-11-12-13-14-15-16-17-18-19-20-21-22-23-24-25-26-27-28-30-39-32-34(42-36)33-41-43(37,38)40-31-29-35(2,3)4/h34H,5-33H2,1-4H3,(H-,36,37,38)/p+1/t34-/m1/s1. The fourth-order valence-electron chi connectivity index (χ4n) is 5.13. The van der Waals surface area contributed by atoms with E-state index in [0.717, 1.165) is 12.8 Å². The van der Waals surface area contributed by atoms with Gasteiger partial charge in [0.1, 0.15) is 19.3 Å². The van der Waals surface area contributed by atoms with Gasteiger partial charge in [-0.1, -0.05) is 155 Å². The van der Waals surface area contributed by atoms with Crippen LogP contribution < -0.4 is 0 Å². The molecule has 0 aliphatic rings. The number of hydrogen-bond donors (Lipinski definition) is 2. The molecule has 1 unspecified atom stereocenters. The number of hydrogen-bond acceptors (Lipinski definition) is 6. The van der Waals surface area contributed by atoms with Crippen molar-refractivity contribution in [2.45, 2.75) is 167 Å². The zero-order valence-electron chi connectivity index (χ0n) is 28.9. The number of nitrogens with zero attached hydrogens (tertiary/aromatic N) is 1. The Morgan fingerprint density at radius 1 is 0.558 bits per heavy atom. The molecule has 0 aromatic carbocycles. The maximum atomic E-state index is 11.9. The molecule has 0 fully saturated rings. The van der Waals surface area contributed by atoms with E-state index in [4.69, 9.17) is 19.0 Å². The maximum Gasteiger partial charge on any atom is 0.472 e. The van der Waals surface area contributed by atoms with Crippen LogP contribution in [0.1, 0.15) is 161 Å². The molecule has 2 N–H and O–H groups in total. The predicted octanol–water partition coefficient (Wildman–Crippen LogP) is 10.1. The van der Waals surface area contributed by atoms with Gasteiger partial charge in [0.25, 0.3) is 0 Å². The molecule has 260 valence electrons. The Balaban J connectivity index is 3.35. The lowest BCUT2D eigenvalue weighted by atomic mass is 10.0. The van der Waals surface area contributed by atoms with E-state index in [0.29, 0.717) is 17.6 Å². The molecule has 0 bridgehead atoms. The summed E-state index contributed by atoms with van der Waals surface area (Å²) < 4.78 is 28.0. The van der Waals surface area contributed by atoms with Crippen molar-refractivity contribution in [3.8, 4) is 0 Å². The van der Waals surface area contributed by atoms with Crippen molar-refractivity contribution in [3.05, 3.63) is 0 Å². The van der Waals surface area contributed by atoms with Gasteiger partial charge in [0.05, 0.1) is 34.4 Å². The van der Waals surface area contributed by atoms with E-state index >= 15 is 0 Å². The van der Waals surface area contributed by atoms with E-state index in [-0.39, 0.29) is 19.8 Å². The Hall–Kier alpha value is -0.0500. The molecule has 0 saturated heterocycles. The molecule has 0 radical (unpaired) electrons. The molecule has 0 saturated carbocycles. The average Bonchev–Trinajstić information content (AvgIpc) is 2.95. The van der Waals surface area contributed by atoms with Gasteiger partial charge in [-0.05, 0) is 6.42 Å². The van der Waals surface area contributed by atoms with Crippen LogP contribution in [0.2, 0.25) is 0 Å². The summed E-state index contributed by atoms with van der Waals surface area (Å²) in [5, 5.41) is 9.02. The van der Waals surface area contributed by atoms with E-state index in [1.54, 1.807) is 0 Å². The lowest BCUT2D eigenvalue weighted by molar-refractivity contribution is -0.870. The molecule has 2 atom stereocenters. The number of ether oxygens (including phenoxy) is 1. The molecule has 0 aliphatic carbocycles. The number of phosphoric ester groups is 1. The smallest absolute Gasteiger partial charge is 0.379 e. The first-order valence-electron chi connectivity index (χ1n) is 18.0. The van der Waals surface area contributed by atoms with Crippen molar-refractivity contribution >= 4 is 7.82 Å². The second-order valence-electron chi connectivity index (χ2n) is 13.5. The monoisotopic (exact) mass is 639 g/mol. The number of rotatable bonds is 35. The minimum Gasteiger partial charge on any atom is -0.379 e. The molecule has 0 heterocycles. The third-order valence-electron chi connectivity index (χ3n) is 8.04. The number of likely N-dealkylation sites (N-methyl/N-ethyl adjacent to an activating group) is 1. The van der Waals surface area contributed by atoms with Gasteiger partial charge in [-0.2, -0.15) is 0 Å². The molecule has 0 aliphatic heterocycles. The number of unbranched alkanes of at least 4 members (excludes halogenated alkanes) is 23. The Labute approximate surface area is 266 Å². The topological polar surface area (TPSA) is 94.5 Å². The summed E-state index contributed by atoms with van der Waals surface area (Å²) in [5.74, 6) is 0. The zero-order valence-corrected chi connectivity index (χ0v) is 29.8. The van der Waals surface area contributed by atoms with Crippen LogP contribution in [0.15, 0.2) is 0 Å². The molecule has 0 amide bonds.